The lowest BCUT2D eigenvalue weighted by atomic mass is 10.1. The molecule has 26 heavy (non-hydrogen) atoms. The van der Waals surface area contributed by atoms with E-state index in [0.717, 1.165) is 22.6 Å². The van der Waals surface area contributed by atoms with Crippen LogP contribution in [0.4, 0.5) is 5.69 Å². The van der Waals surface area contributed by atoms with Gasteiger partial charge in [-0.25, -0.2) is 0 Å². The minimum absolute atomic E-state index is 0.239. The zero-order chi connectivity index (χ0) is 18.5. The van der Waals surface area contributed by atoms with E-state index in [4.69, 9.17) is 13.9 Å². The molecule has 3 rings (SSSR count). The fourth-order valence-electron chi connectivity index (χ4n) is 2.47. The van der Waals surface area contributed by atoms with Crippen molar-refractivity contribution in [3.05, 3.63) is 77.2 Å². The van der Waals surface area contributed by atoms with E-state index >= 15 is 0 Å². The van der Waals surface area contributed by atoms with Gasteiger partial charge in [0.15, 0.2) is 5.76 Å². The number of carbonyl (C=O) groups excluding carboxylic acids is 1. The van der Waals surface area contributed by atoms with E-state index in [1.165, 1.54) is 0 Å². The standard InChI is InChI=1S/C21H21NO4/c1-14-5-4-6-19(15(14)2)22-21(23)20-12-11-18(26-20)13-25-17-9-7-16(24-3)8-10-17/h4-12H,13H2,1-3H3,(H,22,23). The van der Waals surface area contributed by atoms with Crippen LogP contribution >= 0.6 is 0 Å². The largest absolute Gasteiger partial charge is 0.497 e. The van der Waals surface area contributed by atoms with Crippen LogP contribution in [0.2, 0.25) is 0 Å². The van der Waals surface area contributed by atoms with Crippen molar-refractivity contribution in [2.45, 2.75) is 20.5 Å². The predicted molar refractivity (Wildman–Crippen MR) is 99.9 cm³/mol. The average Bonchev–Trinajstić information content (AvgIpc) is 3.13. The highest BCUT2D eigenvalue weighted by atomic mass is 16.5. The number of rotatable bonds is 6. The number of hydrogen-bond donors (Lipinski definition) is 1. The summed E-state index contributed by atoms with van der Waals surface area (Å²) in [6.45, 7) is 4.22. The predicted octanol–water partition coefficient (Wildman–Crippen LogP) is 4.74. The molecule has 1 heterocycles. The molecule has 0 aliphatic carbocycles. The van der Waals surface area contributed by atoms with Crippen molar-refractivity contribution >= 4 is 11.6 Å². The van der Waals surface area contributed by atoms with Gasteiger partial charge in [-0.3, -0.25) is 4.79 Å². The Balaban J connectivity index is 1.61. The highest BCUT2D eigenvalue weighted by Gasteiger charge is 2.13. The highest BCUT2D eigenvalue weighted by Crippen LogP contribution is 2.21. The molecule has 5 heteroatoms. The van der Waals surface area contributed by atoms with Gasteiger partial charge in [-0.05, 0) is 67.4 Å². The molecule has 5 nitrogen and oxygen atoms in total. The second kappa shape index (κ2) is 7.78. The van der Waals surface area contributed by atoms with Crippen molar-refractivity contribution in [1.29, 1.82) is 0 Å². The van der Waals surface area contributed by atoms with Crippen LogP contribution in [0.5, 0.6) is 11.5 Å². The van der Waals surface area contributed by atoms with Gasteiger partial charge in [-0.15, -0.1) is 0 Å². The molecule has 0 spiro atoms. The monoisotopic (exact) mass is 351 g/mol. The first-order valence-corrected chi connectivity index (χ1v) is 8.30. The van der Waals surface area contributed by atoms with Crippen LogP contribution in [-0.2, 0) is 6.61 Å². The molecule has 0 saturated heterocycles. The number of carbonyl (C=O) groups is 1. The molecule has 0 bridgehead atoms. The number of amides is 1. The minimum atomic E-state index is -0.283. The van der Waals surface area contributed by atoms with Crippen molar-refractivity contribution in [1.82, 2.24) is 0 Å². The first kappa shape index (κ1) is 17.6. The summed E-state index contributed by atoms with van der Waals surface area (Å²) in [6, 6.07) is 16.4. The molecule has 0 fully saturated rings. The van der Waals surface area contributed by atoms with Gasteiger partial charge in [-0.2, -0.15) is 0 Å². The zero-order valence-electron chi connectivity index (χ0n) is 15.0. The van der Waals surface area contributed by atoms with E-state index in [2.05, 4.69) is 5.32 Å². The van der Waals surface area contributed by atoms with E-state index in [-0.39, 0.29) is 18.3 Å². The number of aryl methyl sites for hydroxylation is 1. The average molecular weight is 351 g/mol. The number of hydrogen-bond acceptors (Lipinski definition) is 4. The van der Waals surface area contributed by atoms with Gasteiger partial charge < -0.3 is 19.2 Å². The lowest BCUT2D eigenvalue weighted by molar-refractivity contribution is 0.0992. The summed E-state index contributed by atoms with van der Waals surface area (Å²) in [5.74, 6) is 2.00. The molecule has 1 aromatic heterocycles. The smallest absolute Gasteiger partial charge is 0.291 e. The Kier molecular flexibility index (Phi) is 5.27. The van der Waals surface area contributed by atoms with E-state index in [1.807, 2.05) is 56.3 Å². The van der Waals surface area contributed by atoms with E-state index in [0.29, 0.717) is 11.5 Å². The summed E-state index contributed by atoms with van der Waals surface area (Å²) in [5, 5.41) is 2.88. The number of ether oxygens (including phenoxy) is 2. The molecule has 0 aliphatic heterocycles. The third kappa shape index (κ3) is 4.06. The molecule has 2 aromatic carbocycles. The summed E-state index contributed by atoms with van der Waals surface area (Å²) in [5.41, 5.74) is 2.94. The molecule has 1 N–H and O–H groups in total. The SMILES string of the molecule is COc1ccc(OCc2ccc(C(=O)Nc3cccc(C)c3C)o2)cc1. The second-order valence-electron chi connectivity index (χ2n) is 5.93. The van der Waals surface area contributed by atoms with Gasteiger partial charge in [0.1, 0.15) is 23.9 Å². The van der Waals surface area contributed by atoms with Crippen LogP contribution < -0.4 is 14.8 Å². The van der Waals surface area contributed by atoms with Gasteiger partial charge in [-0.1, -0.05) is 12.1 Å². The van der Waals surface area contributed by atoms with Gasteiger partial charge in [0, 0.05) is 5.69 Å². The third-order valence-corrected chi connectivity index (χ3v) is 4.18. The third-order valence-electron chi connectivity index (χ3n) is 4.18. The molecule has 0 saturated carbocycles. The summed E-state index contributed by atoms with van der Waals surface area (Å²) in [6.07, 6.45) is 0. The molecule has 3 aromatic rings. The number of furan rings is 1. The van der Waals surface area contributed by atoms with Crippen LogP contribution in [0.3, 0.4) is 0 Å². The molecule has 1 amide bonds. The Bertz CT molecular complexity index is 897. The maximum absolute atomic E-state index is 12.4. The number of nitrogens with one attached hydrogen (secondary N) is 1. The van der Waals surface area contributed by atoms with Crippen LogP contribution in [0, 0.1) is 13.8 Å². The summed E-state index contributed by atoms with van der Waals surface area (Å²) < 4.78 is 16.4. The number of anilines is 1. The van der Waals surface area contributed by atoms with E-state index in [9.17, 15) is 4.79 Å². The van der Waals surface area contributed by atoms with E-state index < -0.39 is 0 Å². The van der Waals surface area contributed by atoms with Crippen LogP contribution in [0.1, 0.15) is 27.4 Å². The highest BCUT2D eigenvalue weighted by molar-refractivity contribution is 6.02. The van der Waals surface area contributed by atoms with Crippen LogP contribution in [0.25, 0.3) is 0 Å². The normalized spacial score (nSPS) is 10.4. The van der Waals surface area contributed by atoms with Crippen molar-refractivity contribution < 1.29 is 18.7 Å². The molecular formula is C21H21NO4. The topological polar surface area (TPSA) is 60.7 Å². The number of benzene rings is 2. The fourth-order valence-corrected chi connectivity index (χ4v) is 2.47. The lowest BCUT2D eigenvalue weighted by Gasteiger charge is -2.09. The zero-order valence-corrected chi connectivity index (χ0v) is 15.0. The Morgan fingerprint density at radius 1 is 1.00 bits per heavy atom. The van der Waals surface area contributed by atoms with Gasteiger partial charge in [0.05, 0.1) is 7.11 Å². The van der Waals surface area contributed by atoms with Gasteiger partial charge in [0.2, 0.25) is 0 Å². The Hall–Kier alpha value is -3.21. The van der Waals surface area contributed by atoms with Crippen molar-refractivity contribution in [2.24, 2.45) is 0 Å². The lowest BCUT2D eigenvalue weighted by Crippen LogP contribution is -2.12. The van der Waals surface area contributed by atoms with Gasteiger partial charge >= 0.3 is 0 Å². The molecule has 0 atom stereocenters. The van der Waals surface area contributed by atoms with Crippen molar-refractivity contribution in [2.75, 3.05) is 12.4 Å². The molecule has 0 aliphatic rings. The molecule has 0 radical (unpaired) electrons. The van der Waals surface area contributed by atoms with Crippen LogP contribution in [0.15, 0.2) is 59.0 Å². The Labute approximate surface area is 152 Å². The Morgan fingerprint density at radius 3 is 2.46 bits per heavy atom. The molecule has 134 valence electrons. The first-order chi connectivity index (χ1) is 12.6. The quantitative estimate of drug-likeness (QED) is 0.697. The van der Waals surface area contributed by atoms with Crippen molar-refractivity contribution in [3.8, 4) is 11.5 Å². The van der Waals surface area contributed by atoms with E-state index in [1.54, 1.807) is 19.2 Å². The summed E-state index contributed by atoms with van der Waals surface area (Å²) in [7, 11) is 1.61. The maximum Gasteiger partial charge on any atom is 0.291 e. The van der Waals surface area contributed by atoms with Crippen molar-refractivity contribution in [3.63, 3.8) is 0 Å². The van der Waals surface area contributed by atoms with Gasteiger partial charge in [0.25, 0.3) is 5.91 Å². The Morgan fingerprint density at radius 2 is 1.73 bits per heavy atom. The molecule has 0 unspecified atom stereocenters. The summed E-state index contributed by atoms with van der Waals surface area (Å²) >= 11 is 0. The maximum atomic E-state index is 12.4. The minimum Gasteiger partial charge on any atom is -0.497 e. The number of methoxy groups -OCH3 is 1. The molecular weight excluding hydrogens is 330 g/mol. The van der Waals surface area contributed by atoms with Crippen LogP contribution in [-0.4, -0.2) is 13.0 Å². The summed E-state index contributed by atoms with van der Waals surface area (Å²) in [4.78, 5) is 12.4. The second-order valence-corrected chi connectivity index (χ2v) is 5.93. The fraction of sp³-hybridized carbons (Fsp3) is 0.190. The first-order valence-electron chi connectivity index (χ1n) is 8.30.